The van der Waals surface area contributed by atoms with Crippen molar-refractivity contribution in [3.05, 3.63) is 0 Å². The maximum absolute atomic E-state index is 11.0. The lowest BCUT2D eigenvalue weighted by Crippen LogP contribution is -2.18. The molecule has 88 valence electrons. The van der Waals surface area contributed by atoms with Crippen LogP contribution in [0, 0.1) is 0 Å². The molecule has 15 heavy (non-hydrogen) atoms. The van der Waals surface area contributed by atoms with Gasteiger partial charge in [-0.2, -0.15) is 0 Å². The Balaban J connectivity index is 3.63. The zero-order chi connectivity index (χ0) is 11.8. The molecular formula is C9H14Cl2O4. The molecule has 4 nitrogen and oxygen atoms in total. The van der Waals surface area contributed by atoms with E-state index in [1.165, 1.54) is 0 Å². The third-order valence-electron chi connectivity index (χ3n) is 1.24. The number of carbonyl (C=O) groups excluding carboxylic acids is 2. The maximum atomic E-state index is 11.0. The molecule has 0 aromatic rings. The van der Waals surface area contributed by atoms with E-state index < -0.39 is 18.4 Å². The van der Waals surface area contributed by atoms with Crippen LogP contribution in [0.4, 0.5) is 0 Å². The number of halogens is 2. The minimum absolute atomic E-state index is 0.0829. The molecule has 0 saturated carbocycles. The van der Waals surface area contributed by atoms with Gasteiger partial charge in [0.1, 0.15) is 19.6 Å². The average Bonchev–Trinajstić information content (AvgIpc) is 2.11. The van der Waals surface area contributed by atoms with Gasteiger partial charge in [-0.1, -0.05) is 0 Å². The van der Waals surface area contributed by atoms with Gasteiger partial charge in [-0.05, 0) is 13.8 Å². The molecule has 0 aliphatic carbocycles. The second-order valence-electron chi connectivity index (χ2n) is 3.10. The largest absolute Gasteiger partial charge is 0.464 e. The Kier molecular flexibility index (Phi) is 7.52. The van der Waals surface area contributed by atoms with Gasteiger partial charge in [-0.15, -0.1) is 23.2 Å². The fraction of sp³-hybridized carbons (Fsp3) is 0.778. The Bertz CT molecular complexity index is 194. The van der Waals surface area contributed by atoms with E-state index in [1.54, 1.807) is 13.8 Å². The van der Waals surface area contributed by atoms with Crippen LogP contribution in [0.5, 0.6) is 0 Å². The Morgan fingerprint density at radius 1 is 1.00 bits per heavy atom. The van der Waals surface area contributed by atoms with E-state index in [9.17, 15) is 9.59 Å². The number of rotatable bonds is 6. The van der Waals surface area contributed by atoms with Crippen molar-refractivity contribution >= 4 is 35.1 Å². The fourth-order valence-corrected chi connectivity index (χ4v) is 0.761. The minimum Gasteiger partial charge on any atom is -0.464 e. The van der Waals surface area contributed by atoms with Crippen molar-refractivity contribution in [2.75, 3.05) is 13.2 Å². The van der Waals surface area contributed by atoms with Crippen LogP contribution in [-0.2, 0) is 19.1 Å². The molecule has 6 heteroatoms. The lowest BCUT2D eigenvalue weighted by atomic mass is 10.4. The van der Waals surface area contributed by atoms with Crippen LogP contribution in [0.1, 0.15) is 20.3 Å². The van der Waals surface area contributed by atoms with E-state index in [0.717, 1.165) is 0 Å². The molecule has 0 aromatic heterocycles. The van der Waals surface area contributed by atoms with Crippen molar-refractivity contribution in [3.63, 3.8) is 0 Å². The topological polar surface area (TPSA) is 52.6 Å². The van der Waals surface area contributed by atoms with Crippen LogP contribution in [0.2, 0.25) is 0 Å². The molecular weight excluding hydrogens is 243 g/mol. The van der Waals surface area contributed by atoms with Crippen LogP contribution < -0.4 is 0 Å². The highest BCUT2D eigenvalue weighted by atomic mass is 35.5. The molecule has 2 atom stereocenters. The molecule has 0 fully saturated rings. The Labute approximate surface area is 98.8 Å². The van der Waals surface area contributed by atoms with E-state index in [0.29, 0.717) is 0 Å². The summed E-state index contributed by atoms with van der Waals surface area (Å²) < 4.78 is 9.35. The predicted molar refractivity (Wildman–Crippen MR) is 57.2 cm³/mol. The smallest absolute Gasteiger partial charge is 0.317 e. The van der Waals surface area contributed by atoms with Crippen molar-refractivity contribution in [1.82, 2.24) is 0 Å². The Morgan fingerprint density at radius 3 is 1.60 bits per heavy atom. The summed E-state index contributed by atoms with van der Waals surface area (Å²) in [6, 6.07) is 0. The molecule has 0 aliphatic rings. The van der Waals surface area contributed by atoms with Crippen LogP contribution in [0.3, 0.4) is 0 Å². The summed E-state index contributed by atoms with van der Waals surface area (Å²) in [6.45, 7) is 3.53. The molecule has 0 bridgehead atoms. The van der Waals surface area contributed by atoms with E-state index >= 15 is 0 Å². The zero-order valence-electron chi connectivity index (χ0n) is 8.66. The highest BCUT2D eigenvalue weighted by molar-refractivity contribution is 6.20. The first kappa shape index (κ1) is 14.5. The number of esters is 2. The quantitative estimate of drug-likeness (QED) is 0.413. The van der Waals surface area contributed by atoms with Gasteiger partial charge >= 0.3 is 11.9 Å². The Hall–Kier alpha value is -0.480. The molecule has 0 spiro atoms. The van der Waals surface area contributed by atoms with Crippen molar-refractivity contribution < 1.29 is 19.1 Å². The van der Waals surface area contributed by atoms with Crippen LogP contribution in [-0.4, -0.2) is 35.9 Å². The molecule has 0 heterocycles. The van der Waals surface area contributed by atoms with Gasteiger partial charge in [0, 0.05) is 0 Å². The maximum Gasteiger partial charge on any atom is 0.317 e. The fourth-order valence-electron chi connectivity index (χ4n) is 0.635. The predicted octanol–water partition coefficient (Wildman–Crippen LogP) is 1.72. The van der Waals surface area contributed by atoms with E-state index in [1.807, 2.05) is 0 Å². The summed E-state index contributed by atoms with van der Waals surface area (Å²) in [5, 5.41) is -0.541. The lowest BCUT2D eigenvalue weighted by molar-refractivity contribution is -0.154. The number of ether oxygens (including phenoxy) is 2. The van der Waals surface area contributed by atoms with Gasteiger partial charge in [0.15, 0.2) is 0 Å². The van der Waals surface area contributed by atoms with Crippen molar-refractivity contribution in [3.8, 4) is 0 Å². The highest BCUT2D eigenvalue weighted by Gasteiger charge is 2.13. The molecule has 0 amide bonds. The summed E-state index contributed by atoms with van der Waals surface area (Å²) in [5.41, 5.74) is 0. The molecule has 0 rings (SSSR count). The zero-order valence-corrected chi connectivity index (χ0v) is 10.2. The first-order chi connectivity index (χ1) is 6.91. The van der Waals surface area contributed by atoms with Gasteiger partial charge in [-0.3, -0.25) is 9.59 Å². The summed E-state index contributed by atoms with van der Waals surface area (Å²) in [5.74, 6) is -1.29. The van der Waals surface area contributed by atoms with Crippen LogP contribution in [0.15, 0.2) is 0 Å². The van der Waals surface area contributed by atoms with Crippen molar-refractivity contribution in [1.29, 1.82) is 0 Å². The molecule has 0 aromatic carbocycles. The van der Waals surface area contributed by atoms with E-state index in [4.69, 9.17) is 23.2 Å². The number of hydrogen-bond donors (Lipinski definition) is 0. The monoisotopic (exact) mass is 256 g/mol. The summed E-state index contributed by atoms with van der Waals surface area (Å²) >= 11 is 11.1. The van der Waals surface area contributed by atoms with Gasteiger partial charge in [0.25, 0.3) is 0 Å². The second kappa shape index (κ2) is 7.77. The minimum atomic E-state index is -0.644. The van der Waals surface area contributed by atoms with Gasteiger partial charge in [0.05, 0.1) is 10.8 Å². The standard InChI is InChI=1S/C9H14Cl2O4/c1-6(10)4-14-8(12)3-9(13)15-5-7(2)11/h6-7H,3-5H2,1-2H3. The van der Waals surface area contributed by atoms with E-state index in [2.05, 4.69) is 9.47 Å². The highest BCUT2D eigenvalue weighted by Crippen LogP contribution is 1.99. The second-order valence-corrected chi connectivity index (χ2v) is 4.59. The number of alkyl halides is 2. The van der Waals surface area contributed by atoms with Crippen LogP contribution >= 0.6 is 23.2 Å². The van der Waals surface area contributed by atoms with Crippen molar-refractivity contribution in [2.45, 2.75) is 31.0 Å². The SMILES string of the molecule is CC(Cl)COC(=O)CC(=O)OCC(C)Cl. The normalized spacial score (nSPS) is 14.1. The molecule has 0 aliphatic heterocycles. The van der Waals surface area contributed by atoms with Crippen molar-refractivity contribution in [2.24, 2.45) is 0 Å². The third-order valence-corrected chi connectivity index (χ3v) is 1.49. The lowest BCUT2D eigenvalue weighted by Gasteiger charge is -2.07. The number of carbonyl (C=O) groups is 2. The van der Waals surface area contributed by atoms with Gasteiger partial charge < -0.3 is 9.47 Å². The summed E-state index contributed by atoms with van der Waals surface area (Å²) in [4.78, 5) is 22.0. The Morgan fingerprint density at radius 2 is 1.33 bits per heavy atom. The molecule has 0 radical (unpaired) electrons. The third kappa shape index (κ3) is 9.82. The van der Waals surface area contributed by atoms with Gasteiger partial charge in [-0.25, -0.2) is 0 Å². The van der Waals surface area contributed by atoms with Gasteiger partial charge in [0.2, 0.25) is 0 Å². The number of hydrogen-bond acceptors (Lipinski definition) is 4. The summed E-state index contributed by atoms with van der Waals surface area (Å²) in [6.07, 6.45) is -0.410. The first-order valence-electron chi connectivity index (χ1n) is 4.51. The molecule has 2 unspecified atom stereocenters. The molecule has 0 saturated heterocycles. The van der Waals surface area contributed by atoms with E-state index in [-0.39, 0.29) is 24.0 Å². The first-order valence-corrected chi connectivity index (χ1v) is 5.38. The molecule has 0 N–H and O–H groups in total. The van der Waals surface area contributed by atoms with Crippen LogP contribution in [0.25, 0.3) is 0 Å². The average molecular weight is 257 g/mol. The summed E-state index contributed by atoms with van der Waals surface area (Å²) in [7, 11) is 0.